The van der Waals surface area contributed by atoms with Crippen LogP contribution in [0.1, 0.15) is 0 Å². The maximum absolute atomic E-state index is 2.31. The normalized spacial score (nSPS) is 11.1. The lowest BCUT2D eigenvalue weighted by atomic mass is 9.92. The molecule has 0 nitrogen and oxygen atoms in total. The van der Waals surface area contributed by atoms with Crippen molar-refractivity contribution in [3.05, 3.63) is 109 Å². The van der Waals surface area contributed by atoms with Gasteiger partial charge in [0, 0.05) is 0 Å². The molecule has 0 unspecified atom stereocenters. The van der Waals surface area contributed by atoms with Gasteiger partial charge in [0.2, 0.25) is 0 Å². The zero-order valence-corrected chi connectivity index (χ0v) is 14.4. The number of fused-ring (bicyclic) bond motifs is 3. The quantitative estimate of drug-likeness (QED) is 0.297. The van der Waals surface area contributed by atoms with Crippen LogP contribution < -0.4 is 0 Å². The Morgan fingerprint density at radius 1 is 0.346 bits per heavy atom. The predicted molar refractivity (Wildman–Crippen MR) is 112 cm³/mol. The van der Waals surface area contributed by atoms with Crippen LogP contribution in [0.5, 0.6) is 0 Å². The summed E-state index contributed by atoms with van der Waals surface area (Å²) in [5.74, 6) is 0. The molecule has 0 heteroatoms. The molecule has 0 amide bonds. The van der Waals surface area contributed by atoms with Crippen molar-refractivity contribution in [2.45, 2.75) is 0 Å². The Balaban J connectivity index is 1.71. The van der Waals surface area contributed by atoms with E-state index in [1.54, 1.807) is 0 Å². The SMILES string of the molecule is c1ccc(-c2ccc(-c3cc4ccccc4c4ccccc34)cc2)cc1. The number of rotatable bonds is 2. The van der Waals surface area contributed by atoms with E-state index < -0.39 is 0 Å². The van der Waals surface area contributed by atoms with Crippen molar-refractivity contribution in [2.24, 2.45) is 0 Å². The molecule has 5 rings (SSSR count). The third-order valence-electron chi connectivity index (χ3n) is 5.07. The Labute approximate surface area is 153 Å². The maximum Gasteiger partial charge on any atom is -0.00990 e. The van der Waals surface area contributed by atoms with Crippen LogP contribution in [-0.4, -0.2) is 0 Å². The first kappa shape index (κ1) is 14.9. The van der Waals surface area contributed by atoms with E-state index in [0.717, 1.165) is 0 Å². The first-order valence-corrected chi connectivity index (χ1v) is 8.96. The summed E-state index contributed by atoms with van der Waals surface area (Å²) < 4.78 is 0. The molecule has 0 saturated carbocycles. The number of hydrogen-bond donors (Lipinski definition) is 0. The Bertz CT molecular complexity index is 1200. The van der Waals surface area contributed by atoms with Crippen molar-refractivity contribution in [1.29, 1.82) is 0 Å². The molecule has 26 heavy (non-hydrogen) atoms. The van der Waals surface area contributed by atoms with Crippen molar-refractivity contribution in [2.75, 3.05) is 0 Å². The highest BCUT2D eigenvalue weighted by Gasteiger charge is 2.08. The van der Waals surface area contributed by atoms with Gasteiger partial charge in [-0.3, -0.25) is 0 Å². The largest absolute Gasteiger partial charge is 0.0622 e. The molecule has 5 aromatic carbocycles. The van der Waals surface area contributed by atoms with E-state index in [0.29, 0.717) is 0 Å². The van der Waals surface area contributed by atoms with Gasteiger partial charge in [-0.15, -0.1) is 0 Å². The van der Waals surface area contributed by atoms with Gasteiger partial charge in [-0.25, -0.2) is 0 Å². The molecule has 122 valence electrons. The minimum Gasteiger partial charge on any atom is -0.0622 e. The van der Waals surface area contributed by atoms with Crippen molar-refractivity contribution < 1.29 is 0 Å². The van der Waals surface area contributed by atoms with Gasteiger partial charge in [0.1, 0.15) is 0 Å². The molecule has 5 aromatic rings. The monoisotopic (exact) mass is 330 g/mol. The van der Waals surface area contributed by atoms with Crippen molar-refractivity contribution >= 4 is 21.5 Å². The number of benzene rings is 5. The molecule has 0 aliphatic heterocycles. The molecule has 0 heterocycles. The summed E-state index contributed by atoms with van der Waals surface area (Å²) in [5, 5.41) is 5.22. The molecule has 0 bridgehead atoms. The number of hydrogen-bond acceptors (Lipinski definition) is 0. The zero-order valence-electron chi connectivity index (χ0n) is 14.4. The van der Waals surface area contributed by atoms with Gasteiger partial charge in [0.25, 0.3) is 0 Å². The molecule has 0 spiro atoms. The van der Waals surface area contributed by atoms with Gasteiger partial charge in [-0.1, -0.05) is 103 Å². The van der Waals surface area contributed by atoms with Crippen LogP contribution in [0.2, 0.25) is 0 Å². The summed E-state index contributed by atoms with van der Waals surface area (Å²) in [7, 11) is 0. The van der Waals surface area contributed by atoms with E-state index in [4.69, 9.17) is 0 Å². The third-order valence-corrected chi connectivity index (χ3v) is 5.07. The average Bonchev–Trinajstić information content (AvgIpc) is 2.74. The molecule has 0 fully saturated rings. The highest BCUT2D eigenvalue weighted by atomic mass is 14.1. The second kappa shape index (κ2) is 6.16. The van der Waals surface area contributed by atoms with Crippen LogP contribution in [0, 0.1) is 0 Å². The molecule has 0 atom stereocenters. The third kappa shape index (κ3) is 2.48. The lowest BCUT2D eigenvalue weighted by molar-refractivity contribution is 1.61. The molecule has 0 aliphatic carbocycles. The van der Waals surface area contributed by atoms with Gasteiger partial charge < -0.3 is 0 Å². The summed E-state index contributed by atoms with van der Waals surface area (Å²) in [6.07, 6.45) is 0. The van der Waals surface area contributed by atoms with E-state index >= 15 is 0 Å². The second-order valence-corrected chi connectivity index (χ2v) is 6.63. The summed E-state index contributed by atoms with van der Waals surface area (Å²) in [6, 6.07) is 39.1. The Kier molecular flexibility index (Phi) is 3.54. The fourth-order valence-corrected chi connectivity index (χ4v) is 3.77. The van der Waals surface area contributed by atoms with Crippen LogP contribution >= 0.6 is 0 Å². The highest BCUT2D eigenvalue weighted by molar-refractivity contribution is 6.13. The standard InChI is InChI=1S/C26H18/c1-2-8-19(9-3-1)20-14-16-21(17-15-20)26-18-22-10-4-5-11-23(22)24-12-6-7-13-25(24)26/h1-18H. The van der Waals surface area contributed by atoms with E-state index in [-0.39, 0.29) is 0 Å². The Morgan fingerprint density at radius 2 is 0.885 bits per heavy atom. The van der Waals surface area contributed by atoms with E-state index in [1.807, 2.05) is 0 Å². The van der Waals surface area contributed by atoms with Crippen molar-refractivity contribution in [1.82, 2.24) is 0 Å². The molecule has 0 aromatic heterocycles. The van der Waals surface area contributed by atoms with Gasteiger partial charge in [-0.05, 0) is 49.9 Å². The van der Waals surface area contributed by atoms with Crippen LogP contribution in [0.3, 0.4) is 0 Å². The maximum atomic E-state index is 2.31. The molecule has 0 saturated heterocycles. The van der Waals surface area contributed by atoms with E-state index in [2.05, 4.69) is 109 Å². The summed E-state index contributed by atoms with van der Waals surface area (Å²) in [4.78, 5) is 0. The first-order chi connectivity index (χ1) is 12.9. The highest BCUT2D eigenvalue weighted by Crippen LogP contribution is 2.35. The van der Waals surface area contributed by atoms with Gasteiger partial charge >= 0.3 is 0 Å². The topological polar surface area (TPSA) is 0 Å². The Morgan fingerprint density at radius 3 is 1.65 bits per heavy atom. The average molecular weight is 330 g/mol. The first-order valence-electron chi connectivity index (χ1n) is 8.96. The fraction of sp³-hybridized carbons (Fsp3) is 0. The predicted octanol–water partition coefficient (Wildman–Crippen LogP) is 7.33. The minimum absolute atomic E-state index is 1.25. The fourth-order valence-electron chi connectivity index (χ4n) is 3.77. The van der Waals surface area contributed by atoms with Gasteiger partial charge in [0.05, 0.1) is 0 Å². The van der Waals surface area contributed by atoms with Crippen LogP contribution in [0.25, 0.3) is 43.8 Å². The van der Waals surface area contributed by atoms with Crippen LogP contribution in [0.4, 0.5) is 0 Å². The molecule has 0 radical (unpaired) electrons. The summed E-state index contributed by atoms with van der Waals surface area (Å²) >= 11 is 0. The van der Waals surface area contributed by atoms with Gasteiger partial charge in [0.15, 0.2) is 0 Å². The second-order valence-electron chi connectivity index (χ2n) is 6.63. The molecule has 0 aliphatic rings. The van der Waals surface area contributed by atoms with E-state index in [9.17, 15) is 0 Å². The zero-order chi connectivity index (χ0) is 17.3. The molecule has 0 N–H and O–H groups in total. The molecular weight excluding hydrogens is 312 g/mol. The van der Waals surface area contributed by atoms with Crippen molar-refractivity contribution in [3.8, 4) is 22.3 Å². The lowest BCUT2D eigenvalue weighted by Crippen LogP contribution is -1.85. The summed E-state index contributed by atoms with van der Waals surface area (Å²) in [5.41, 5.74) is 5.05. The minimum atomic E-state index is 1.25. The smallest absolute Gasteiger partial charge is 0.00990 e. The van der Waals surface area contributed by atoms with Crippen LogP contribution in [0.15, 0.2) is 109 Å². The Hall–Kier alpha value is -3.38. The van der Waals surface area contributed by atoms with Gasteiger partial charge in [-0.2, -0.15) is 0 Å². The molecular formula is C26H18. The summed E-state index contributed by atoms with van der Waals surface area (Å²) in [6.45, 7) is 0. The van der Waals surface area contributed by atoms with Crippen molar-refractivity contribution in [3.63, 3.8) is 0 Å². The lowest BCUT2D eigenvalue weighted by Gasteiger charge is -2.11. The van der Waals surface area contributed by atoms with Crippen LogP contribution in [-0.2, 0) is 0 Å². The van der Waals surface area contributed by atoms with E-state index in [1.165, 1.54) is 43.8 Å².